The Hall–Kier alpha value is -3.36. The van der Waals surface area contributed by atoms with Crippen LogP contribution in [0.3, 0.4) is 0 Å². The molecule has 3 aromatic heterocycles. The first-order chi connectivity index (χ1) is 14.2. The Morgan fingerprint density at radius 3 is 2.67 bits per heavy atom. The molecule has 0 N–H and O–H groups in total. The van der Waals surface area contributed by atoms with Crippen molar-refractivity contribution in [2.75, 3.05) is 12.0 Å². The van der Waals surface area contributed by atoms with Gasteiger partial charge in [-0.3, -0.25) is 19.4 Å². The van der Waals surface area contributed by atoms with Gasteiger partial charge in [0.1, 0.15) is 12.3 Å². The summed E-state index contributed by atoms with van der Waals surface area (Å²) >= 11 is 0. The summed E-state index contributed by atoms with van der Waals surface area (Å²) in [7, 11) is 1.57. The average molecular weight is 413 g/mol. The molecule has 0 aliphatic carbocycles. The summed E-state index contributed by atoms with van der Waals surface area (Å²) in [5, 5.41) is 3.97. The van der Waals surface area contributed by atoms with Crippen molar-refractivity contribution in [3.8, 4) is 17.0 Å². The summed E-state index contributed by atoms with van der Waals surface area (Å²) in [5.41, 5.74) is 3.01. The number of hydrogen-bond acceptors (Lipinski definition) is 5. The van der Waals surface area contributed by atoms with Crippen molar-refractivity contribution < 1.29 is 18.3 Å². The van der Waals surface area contributed by atoms with Crippen LogP contribution in [0.1, 0.15) is 35.5 Å². The number of pyridine rings is 2. The molecule has 4 rings (SSSR count). The molecule has 1 aliphatic rings. The molecule has 1 amide bonds. The molecule has 0 aromatic carbocycles. The van der Waals surface area contributed by atoms with Gasteiger partial charge in [-0.2, -0.15) is 5.10 Å². The molecule has 0 saturated heterocycles. The monoisotopic (exact) mass is 413 g/mol. The van der Waals surface area contributed by atoms with Crippen LogP contribution in [-0.4, -0.2) is 39.2 Å². The second-order valence-electron chi connectivity index (χ2n) is 7.67. The van der Waals surface area contributed by atoms with Crippen LogP contribution in [0.4, 0.5) is 14.5 Å². The van der Waals surface area contributed by atoms with Crippen LogP contribution in [0.5, 0.6) is 5.75 Å². The minimum absolute atomic E-state index is 0.230. The van der Waals surface area contributed by atoms with Gasteiger partial charge in [-0.15, -0.1) is 0 Å². The Morgan fingerprint density at radius 1 is 1.20 bits per heavy atom. The van der Waals surface area contributed by atoms with Crippen LogP contribution in [-0.2, 0) is 12.1 Å². The van der Waals surface area contributed by atoms with Gasteiger partial charge >= 0.3 is 0 Å². The Balaban J connectivity index is 1.78. The summed E-state index contributed by atoms with van der Waals surface area (Å²) in [6.45, 7) is 5.08. The number of aromatic nitrogens is 4. The maximum Gasteiger partial charge on any atom is 0.261 e. The van der Waals surface area contributed by atoms with Crippen LogP contribution < -0.4 is 9.64 Å². The molecular weight excluding hydrogens is 392 g/mol. The highest BCUT2D eigenvalue weighted by Gasteiger charge is 2.47. The van der Waals surface area contributed by atoms with Crippen molar-refractivity contribution >= 4 is 11.6 Å². The molecule has 3 aromatic rings. The largest absolute Gasteiger partial charge is 0.495 e. The zero-order valence-electron chi connectivity index (χ0n) is 17.1. The van der Waals surface area contributed by atoms with Gasteiger partial charge in [0.05, 0.1) is 47.7 Å². The van der Waals surface area contributed by atoms with Crippen molar-refractivity contribution in [3.63, 3.8) is 0 Å². The first-order valence-electron chi connectivity index (χ1n) is 9.39. The highest BCUT2D eigenvalue weighted by Crippen LogP contribution is 2.43. The molecule has 0 spiro atoms. The maximum absolute atomic E-state index is 13.3. The number of nitrogens with zero attached hydrogens (tertiary/aromatic N) is 5. The Labute approximate surface area is 172 Å². The average Bonchev–Trinajstić information content (AvgIpc) is 3.21. The van der Waals surface area contributed by atoms with Gasteiger partial charge in [0, 0.05) is 18.0 Å². The van der Waals surface area contributed by atoms with Gasteiger partial charge in [0.2, 0.25) is 0 Å². The molecule has 9 heteroatoms. The summed E-state index contributed by atoms with van der Waals surface area (Å²) in [6.07, 6.45) is 3.65. The van der Waals surface area contributed by atoms with Gasteiger partial charge in [-0.25, -0.2) is 13.8 Å². The lowest BCUT2D eigenvalue weighted by atomic mass is 9.96. The number of hydrogen-bond donors (Lipinski definition) is 0. The molecule has 4 heterocycles. The van der Waals surface area contributed by atoms with Crippen LogP contribution in [0.15, 0.2) is 36.9 Å². The maximum atomic E-state index is 13.3. The summed E-state index contributed by atoms with van der Waals surface area (Å²) in [4.78, 5) is 23.8. The zero-order valence-corrected chi connectivity index (χ0v) is 17.1. The number of halogens is 2. The molecule has 1 aliphatic heterocycles. The lowest BCUT2D eigenvalue weighted by Gasteiger charge is -2.30. The Bertz CT molecular complexity index is 1130. The second-order valence-corrected chi connectivity index (χ2v) is 7.67. The van der Waals surface area contributed by atoms with Crippen LogP contribution in [0.25, 0.3) is 11.3 Å². The number of amides is 1. The summed E-state index contributed by atoms with van der Waals surface area (Å²) < 4.78 is 31.8. The molecule has 0 fully saturated rings. The van der Waals surface area contributed by atoms with E-state index in [0.29, 0.717) is 28.4 Å². The van der Waals surface area contributed by atoms with E-state index in [1.807, 2.05) is 32.9 Å². The van der Waals surface area contributed by atoms with E-state index in [-0.39, 0.29) is 5.91 Å². The third kappa shape index (κ3) is 3.20. The standard InChI is InChI=1S/C21H21F2N5O2/c1-12-5-16(13-6-15(30-4)9-24-7-13)26-19-18(12)20(29)28(21(19,2)3)14-8-25-27(10-14)11-17(22)23/h5-10,17H,11H2,1-4H3. The first-order valence-corrected chi connectivity index (χ1v) is 9.39. The van der Waals surface area contributed by atoms with Crippen LogP contribution in [0.2, 0.25) is 0 Å². The predicted molar refractivity (Wildman–Crippen MR) is 107 cm³/mol. The molecule has 0 bridgehead atoms. The van der Waals surface area contributed by atoms with E-state index in [2.05, 4.69) is 10.1 Å². The minimum Gasteiger partial charge on any atom is -0.495 e. The molecule has 156 valence electrons. The van der Waals surface area contributed by atoms with Crippen molar-refractivity contribution in [2.24, 2.45) is 0 Å². The van der Waals surface area contributed by atoms with Gasteiger partial charge in [-0.05, 0) is 38.5 Å². The van der Waals surface area contributed by atoms with Crippen molar-refractivity contribution in [3.05, 3.63) is 53.7 Å². The SMILES string of the molecule is COc1cncc(-c2cc(C)c3c(n2)C(C)(C)N(c2cnn(CC(F)F)c2)C3=O)c1. The number of ether oxygens (including phenoxy) is 1. The quantitative estimate of drug-likeness (QED) is 0.636. The molecule has 0 unspecified atom stereocenters. The number of carbonyl (C=O) groups excluding carboxylic acids is 1. The molecule has 0 radical (unpaired) electrons. The predicted octanol–water partition coefficient (Wildman–Crippen LogP) is 3.82. The van der Waals surface area contributed by atoms with Gasteiger partial charge in [0.15, 0.2) is 0 Å². The third-order valence-corrected chi connectivity index (χ3v) is 5.22. The van der Waals surface area contributed by atoms with Crippen molar-refractivity contribution in [2.45, 2.75) is 39.3 Å². The lowest BCUT2D eigenvalue weighted by Crippen LogP contribution is -2.39. The number of alkyl halides is 2. The van der Waals surface area contributed by atoms with E-state index in [1.165, 1.54) is 12.4 Å². The molecule has 0 atom stereocenters. The Kier molecular flexibility index (Phi) is 4.76. The second kappa shape index (κ2) is 7.16. The molecule has 7 nitrogen and oxygen atoms in total. The van der Waals surface area contributed by atoms with Crippen LogP contribution >= 0.6 is 0 Å². The first kappa shape index (κ1) is 19.9. The Morgan fingerprint density at radius 2 is 1.97 bits per heavy atom. The smallest absolute Gasteiger partial charge is 0.261 e. The number of carbonyl (C=O) groups is 1. The fourth-order valence-electron chi connectivity index (χ4n) is 3.82. The number of aryl methyl sites for hydroxylation is 1. The highest BCUT2D eigenvalue weighted by atomic mass is 19.3. The fourth-order valence-corrected chi connectivity index (χ4v) is 3.82. The van der Waals surface area contributed by atoms with Gasteiger partial charge in [-0.1, -0.05) is 0 Å². The van der Waals surface area contributed by atoms with Crippen molar-refractivity contribution in [1.82, 2.24) is 19.7 Å². The molecule has 0 saturated carbocycles. The topological polar surface area (TPSA) is 73.1 Å². The van der Waals surface area contributed by atoms with E-state index < -0.39 is 18.5 Å². The van der Waals surface area contributed by atoms with Gasteiger partial charge in [0.25, 0.3) is 12.3 Å². The van der Waals surface area contributed by atoms with E-state index in [9.17, 15) is 13.6 Å². The summed E-state index contributed by atoms with van der Waals surface area (Å²) in [5.74, 6) is 0.378. The number of methoxy groups -OCH3 is 1. The third-order valence-electron chi connectivity index (χ3n) is 5.22. The minimum atomic E-state index is -2.53. The number of rotatable bonds is 5. The molecule has 30 heavy (non-hydrogen) atoms. The number of anilines is 1. The van der Waals surface area contributed by atoms with E-state index in [0.717, 1.165) is 15.8 Å². The highest BCUT2D eigenvalue weighted by molar-refractivity contribution is 6.12. The van der Waals surface area contributed by atoms with E-state index in [4.69, 9.17) is 9.72 Å². The van der Waals surface area contributed by atoms with Crippen LogP contribution in [0, 0.1) is 6.92 Å². The fraction of sp³-hybridized carbons (Fsp3) is 0.333. The zero-order chi connectivity index (χ0) is 21.6. The molecular formula is C21H21F2N5O2. The lowest BCUT2D eigenvalue weighted by molar-refractivity contribution is 0.0981. The van der Waals surface area contributed by atoms with Gasteiger partial charge < -0.3 is 4.74 Å². The van der Waals surface area contributed by atoms with Crippen molar-refractivity contribution in [1.29, 1.82) is 0 Å². The normalized spacial score (nSPS) is 15.0. The van der Waals surface area contributed by atoms with E-state index >= 15 is 0 Å². The number of fused-ring (bicyclic) bond motifs is 1. The summed E-state index contributed by atoms with van der Waals surface area (Å²) in [6, 6.07) is 3.67. The van der Waals surface area contributed by atoms with E-state index in [1.54, 1.807) is 24.4 Å².